The van der Waals surface area contributed by atoms with E-state index in [4.69, 9.17) is 5.73 Å². The molecule has 0 radical (unpaired) electrons. The summed E-state index contributed by atoms with van der Waals surface area (Å²) < 4.78 is 0. The number of urea groups is 1. The summed E-state index contributed by atoms with van der Waals surface area (Å²) in [6.07, 6.45) is 1.51. The maximum atomic E-state index is 11.4. The quantitative estimate of drug-likeness (QED) is 0.655. The van der Waals surface area contributed by atoms with Crippen LogP contribution in [0.1, 0.15) is 20.8 Å². The average Bonchev–Trinajstić information content (AvgIpc) is 2.05. The van der Waals surface area contributed by atoms with Gasteiger partial charge in [0.25, 0.3) is 0 Å². The van der Waals surface area contributed by atoms with Crippen LogP contribution in [0.3, 0.4) is 0 Å². The van der Waals surface area contributed by atoms with Crippen LogP contribution in [0.25, 0.3) is 0 Å². The number of nitrogens with zero attached hydrogens (tertiary/aromatic N) is 1. The predicted molar refractivity (Wildman–Crippen MR) is 60.6 cm³/mol. The highest BCUT2D eigenvalue weighted by Crippen LogP contribution is 2.07. The van der Waals surface area contributed by atoms with Gasteiger partial charge in [-0.3, -0.25) is 0 Å². The van der Waals surface area contributed by atoms with Gasteiger partial charge in [-0.25, -0.2) is 9.78 Å². The van der Waals surface area contributed by atoms with E-state index in [2.05, 4.69) is 15.6 Å². The lowest BCUT2D eigenvalue weighted by atomic mass is 10.1. The van der Waals surface area contributed by atoms with Gasteiger partial charge in [0.2, 0.25) is 0 Å². The van der Waals surface area contributed by atoms with E-state index in [1.807, 2.05) is 20.8 Å². The van der Waals surface area contributed by atoms with Crippen LogP contribution >= 0.6 is 0 Å². The van der Waals surface area contributed by atoms with Crippen LogP contribution in [0, 0.1) is 0 Å². The summed E-state index contributed by atoms with van der Waals surface area (Å²) in [6.45, 7) is 5.73. The van der Waals surface area contributed by atoms with Crippen molar-refractivity contribution in [2.45, 2.75) is 26.3 Å². The van der Waals surface area contributed by atoms with Gasteiger partial charge in [0.15, 0.2) is 0 Å². The molecule has 2 amide bonds. The molecule has 1 aromatic heterocycles. The van der Waals surface area contributed by atoms with E-state index < -0.39 is 0 Å². The normalized spacial score (nSPS) is 10.9. The zero-order chi connectivity index (χ0) is 11.5. The smallest absolute Gasteiger partial charge is 0.319 e. The average molecular weight is 208 g/mol. The van der Waals surface area contributed by atoms with Crippen molar-refractivity contribution in [3.05, 3.63) is 18.3 Å². The third-order valence-corrected chi connectivity index (χ3v) is 1.53. The molecular formula is C10H16N4O. The Balaban J connectivity index is 2.55. The number of pyridine rings is 1. The number of aromatic nitrogens is 1. The van der Waals surface area contributed by atoms with Crippen molar-refractivity contribution in [1.29, 1.82) is 0 Å². The summed E-state index contributed by atoms with van der Waals surface area (Å²) in [4.78, 5) is 15.3. The van der Waals surface area contributed by atoms with Gasteiger partial charge < -0.3 is 16.4 Å². The number of nitrogens with one attached hydrogen (secondary N) is 2. The molecule has 1 heterocycles. The fourth-order valence-electron chi connectivity index (χ4n) is 0.982. The first kappa shape index (κ1) is 11.3. The monoisotopic (exact) mass is 208 g/mol. The Labute approximate surface area is 89.1 Å². The van der Waals surface area contributed by atoms with Crippen LogP contribution in [-0.4, -0.2) is 16.6 Å². The van der Waals surface area contributed by atoms with Crippen LogP contribution in [0.2, 0.25) is 0 Å². The zero-order valence-electron chi connectivity index (χ0n) is 9.16. The van der Waals surface area contributed by atoms with Crippen LogP contribution in [0.4, 0.5) is 16.3 Å². The van der Waals surface area contributed by atoms with Crippen molar-refractivity contribution in [3.63, 3.8) is 0 Å². The van der Waals surface area contributed by atoms with Crippen LogP contribution in [-0.2, 0) is 0 Å². The summed E-state index contributed by atoms with van der Waals surface area (Å²) in [5, 5.41) is 5.43. The fraction of sp³-hybridized carbons (Fsp3) is 0.400. The fourth-order valence-corrected chi connectivity index (χ4v) is 0.982. The number of carbonyl (C=O) groups excluding carboxylic acids is 1. The Hall–Kier alpha value is -1.78. The minimum absolute atomic E-state index is 0.255. The highest BCUT2D eigenvalue weighted by molar-refractivity contribution is 5.89. The minimum Gasteiger partial charge on any atom is -0.384 e. The molecule has 15 heavy (non-hydrogen) atoms. The predicted octanol–water partition coefficient (Wildman–Crippen LogP) is 1.58. The molecule has 0 saturated carbocycles. The number of amides is 2. The first-order valence-corrected chi connectivity index (χ1v) is 4.67. The van der Waals surface area contributed by atoms with E-state index in [-0.39, 0.29) is 11.6 Å². The number of nitrogens with two attached hydrogens (primary N) is 1. The molecule has 5 nitrogen and oxygen atoms in total. The van der Waals surface area contributed by atoms with Crippen molar-refractivity contribution in [3.8, 4) is 0 Å². The Morgan fingerprint density at radius 1 is 1.40 bits per heavy atom. The molecule has 0 aliphatic heterocycles. The second kappa shape index (κ2) is 4.16. The number of nitrogen functional groups attached to an aromatic ring is 1. The molecule has 5 heteroatoms. The second-order valence-corrected chi connectivity index (χ2v) is 4.30. The second-order valence-electron chi connectivity index (χ2n) is 4.30. The van der Waals surface area contributed by atoms with E-state index in [1.54, 1.807) is 12.1 Å². The molecule has 0 atom stereocenters. The lowest BCUT2D eigenvalue weighted by molar-refractivity contribution is 0.244. The van der Waals surface area contributed by atoms with E-state index >= 15 is 0 Å². The van der Waals surface area contributed by atoms with E-state index in [0.717, 1.165) is 0 Å². The number of anilines is 2. The summed E-state index contributed by atoms with van der Waals surface area (Å²) in [7, 11) is 0. The van der Waals surface area contributed by atoms with E-state index in [1.165, 1.54) is 6.20 Å². The van der Waals surface area contributed by atoms with Crippen molar-refractivity contribution in [1.82, 2.24) is 10.3 Å². The van der Waals surface area contributed by atoms with Crippen LogP contribution in [0.5, 0.6) is 0 Å². The standard InChI is InChI=1S/C10H16N4O/c1-10(2,3)14-9(15)13-7-4-5-8(11)12-6-7/h4-6H,1-3H3,(H2,11,12)(H2,13,14,15). The lowest BCUT2D eigenvalue weighted by Crippen LogP contribution is -2.43. The summed E-state index contributed by atoms with van der Waals surface area (Å²) in [6, 6.07) is 3.08. The molecule has 0 aromatic carbocycles. The topological polar surface area (TPSA) is 80.0 Å². The molecule has 0 spiro atoms. The van der Waals surface area contributed by atoms with Crippen molar-refractivity contribution >= 4 is 17.5 Å². The highest BCUT2D eigenvalue weighted by Gasteiger charge is 2.13. The number of rotatable bonds is 1. The molecule has 0 aliphatic rings. The molecule has 82 valence electrons. The largest absolute Gasteiger partial charge is 0.384 e. The molecule has 0 bridgehead atoms. The Morgan fingerprint density at radius 2 is 2.07 bits per heavy atom. The zero-order valence-corrected chi connectivity index (χ0v) is 9.16. The molecule has 0 unspecified atom stereocenters. The SMILES string of the molecule is CC(C)(C)NC(=O)Nc1ccc(N)nc1. The minimum atomic E-state index is -0.259. The Bertz CT molecular complexity index is 339. The van der Waals surface area contributed by atoms with Crippen molar-refractivity contribution < 1.29 is 4.79 Å². The highest BCUT2D eigenvalue weighted by atomic mass is 16.2. The first-order chi connectivity index (χ1) is 6.87. The van der Waals surface area contributed by atoms with Crippen molar-refractivity contribution in [2.75, 3.05) is 11.1 Å². The molecule has 0 fully saturated rings. The first-order valence-electron chi connectivity index (χ1n) is 4.67. The van der Waals surface area contributed by atoms with Gasteiger partial charge in [0, 0.05) is 5.54 Å². The van der Waals surface area contributed by atoms with E-state index in [0.29, 0.717) is 11.5 Å². The van der Waals surface area contributed by atoms with Crippen molar-refractivity contribution in [2.24, 2.45) is 0 Å². The molecular weight excluding hydrogens is 192 g/mol. The van der Waals surface area contributed by atoms with E-state index in [9.17, 15) is 4.79 Å². The molecule has 0 aliphatic carbocycles. The van der Waals surface area contributed by atoms with Gasteiger partial charge in [-0.2, -0.15) is 0 Å². The molecule has 1 aromatic rings. The number of carbonyl (C=O) groups is 1. The third kappa shape index (κ3) is 4.30. The summed E-state index contributed by atoms with van der Waals surface area (Å²) in [5.41, 5.74) is 5.78. The maximum Gasteiger partial charge on any atom is 0.319 e. The molecule has 1 rings (SSSR count). The van der Waals surface area contributed by atoms with Gasteiger partial charge in [0.1, 0.15) is 5.82 Å². The molecule has 4 N–H and O–H groups in total. The number of hydrogen-bond acceptors (Lipinski definition) is 3. The van der Waals surface area contributed by atoms with Crippen LogP contribution in [0.15, 0.2) is 18.3 Å². The Kier molecular flexibility index (Phi) is 3.14. The summed E-state index contributed by atoms with van der Waals surface area (Å²) >= 11 is 0. The van der Waals surface area contributed by atoms with Gasteiger partial charge in [-0.05, 0) is 32.9 Å². The third-order valence-electron chi connectivity index (χ3n) is 1.53. The van der Waals surface area contributed by atoms with Gasteiger partial charge in [0.05, 0.1) is 11.9 Å². The van der Waals surface area contributed by atoms with Gasteiger partial charge in [-0.15, -0.1) is 0 Å². The van der Waals surface area contributed by atoms with Gasteiger partial charge in [-0.1, -0.05) is 0 Å². The van der Waals surface area contributed by atoms with Gasteiger partial charge >= 0.3 is 6.03 Å². The maximum absolute atomic E-state index is 11.4. The van der Waals surface area contributed by atoms with Crippen LogP contribution < -0.4 is 16.4 Å². The Morgan fingerprint density at radius 3 is 2.53 bits per heavy atom. The molecule has 0 saturated heterocycles. The number of hydrogen-bond donors (Lipinski definition) is 3. The lowest BCUT2D eigenvalue weighted by Gasteiger charge is -2.20. The summed E-state index contributed by atoms with van der Waals surface area (Å²) in [5.74, 6) is 0.428.